The van der Waals surface area contributed by atoms with Crippen LogP contribution in [0.15, 0.2) is 27.6 Å². The first-order chi connectivity index (χ1) is 7.74. The van der Waals surface area contributed by atoms with Crippen molar-refractivity contribution in [2.75, 3.05) is 6.26 Å². The van der Waals surface area contributed by atoms with E-state index in [1.165, 1.54) is 10.5 Å². The highest BCUT2D eigenvalue weighted by atomic mass is 32.2. The van der Waals surface area contributed by atoms with Gasteiger partial charge in [0.05, 0.1) is 6.54 Å². The van der Waals surface area contributed by atoms with Crippen LogP contribution in [0.1, 0.15) is 11.5 Å². The van der Waals surface area contributed by atoms with Crippen molar-refractivity contribution < 1.29 is 4.52 Å². The molecule has 84 valence electrons. The Kier molecular flexibility index (Phi) is 3.26. The van der Waals surface area contributed by atoms with Gasteiger partial charge in [0.1, 0.15) is 0 Å². The summed E-state index contributed by atoms with van der Waals surface area (Å²) < 4.78 is 4.98. The highest BCUT2D eigenvalue weighted by molar-refractivity contribution is 7.98. The van der Waals surface area contributed by atoms with Gasteiger partial charge >= 0.3 is 0 Å². The molecular formula is C11H13N3OS. The van der Waals surface area contributed by atoms with Crippen LogP contribution in [-0.4, -0.2) is 16.4 Å². The van der Waals surface area contributed by atoms with E-state index in [1.54, 1.807) is 11.8 Å². The Bertz CT molecular complexity index is 496. The normalized spacial score (nSPS) is 10.7. The maximum absolute atomic E-state index is 5.42. The smallest absolute Gasteiger partial charge is 0.240 e. The molecule has 0 fully saturated rings. The molecule has 0 saturated carbocycles. The molecule has 1 aromatic carbocycles. The highest BCUT2D eigenvalue weighted by Gasteiger charge is 2.08. The molecule has 0 aliphatic heterocycles. The van der Waals surface area contributed by atoms with E-state index in [0.717, 1.165) is 5.56 Å². The van der Waals surface area contributed by atoms with Gasteiger partial charge in [-0.2, -0.15) is 4.98 Å². The molecule has 0 saturated heterocycles. The summed E-state index contributed by atoms with van der Waals surface area (Å²) in [5.74, 6) is 1.05. The van der Waals surface area contributed by atoms with Crippen molar-refractivity contribution in [2.24, 2.45) is 5.73 Å². The first-order valence-electron chi connectivity index (χ1n) is 4.92. The fraction of sp³-hybridized carbons (Fsp3) is 0.273. The summed E-state index contributed by atoms with van der Waals surface area (Å²) in [6.45, 7) is 2.35. The van der Waals surface area contributed by atoms with Crippen LogP contribution in [0.2, 0.25) is 0 Å². The first-order valence-corrected chi connectivity index (χ1v) is 6.14. The van der Waals surface area contributed by atoms with Gasteiger partial charge in [0.25, 0.3) is 0 Å². The second kappa shape index (κ2) is 4.67. The predicted molar refractivity (Wildman–Crippen MR) is 64.1 cm³/mol. The molecule has 1 heterocycles. The van der Waals surface area contributed by atoms with Crippen LogP contribution < -0.4 is 5.73 Å². The molecule has 0 amide bonds. The second-order valence-electron chi connectivity index (χ2n) is 3.40. The van der Waals surface area contributed by atoms with E-state index in [-0.39, 0.29) is 6.54 Å². The number of rotatable bonds is 3. The van der Waals surface area contributed by atoms with E-state index in [0.29, 0.717) is 11.7 Å². The quantitative estimate of drug-likeness (QED) is 0.826. The Morgan fingerprint density at radius 3 is 2.88 bits per heavy atom. The van der Waals surface area contributed by atoms with Crippen LogP contribution in [0, 0.1) is 6.92 Å². The van der Waals surface area contributed by atoms with Crippen LogP contribution in [0.4, 0.5) is 0 Å². The number of nitrogens with zero attached hydrogens (tertiary/aromatic N) is 2. The van der Waals surface area contributed by atoms with E-state index in [2.05, 4.69) is 29.2 Å². The van der Waals surface area contributed by atoms with Crippen molar-refractivity contribution in [3.05, 3.63) is 29.7 Å². The molecule has 0 bridgehead atoms. The minimum Gasteiger partial charge on any atom is -0.338 e. The number of aromatic nitrogens is 2. The lowest BCUT2D eigenvalue weighted by atomic mass is 10.1. The molecular weight excluding hydrogens is 222 g/mol. The number of nitrogens with two attached hydrogens (primary N) is 1. The van der Waals surface area contributed by atoms with Gasteiger partial charge in [-0.1, -0.05) is 17.3 Å². The molecule has 0 aliphatic rings. The zero-order valence-corrected chi connectivity index (χ0v) is 10.0. The molecule has 16 heavy (non-hydrogen) atoms. The lowest BCUT2D eigenvalue weighted by Gasteiger charge is -2.03. The summed E-state index contributed by atoms with van der Waals surface area (Å²) in [5, 5.41) is 3.89. The molecule has 0 radical (unpaired) electrons. The molecule has 0 atom stereocenters. The highest BCUT2D eigenvalue weighted by Crippen LogP contribution is 2.25. The zero-order chi connectivity index (χ0) is 11.5. The standard InChI is InChI=1S/C11H13N3OS/c1-7-3-4-8(5-9(7)16-2)11-13-10(6-12)15-14-11/h3-5H,6,12H2,1-2H3. The van der Waals surface area contributed by atoms with Crippen LogP contribution in [0.3, 0.4) is 0 Å². The number of benzene rings is 1. The molecule has 2 N–H and O–H groups in total. The fourth-order valence-corrected chi connectivity index (χ4v) is 2.05. The third-order valence-electron chi connectivity index (χ3n) is 2.31. The van der Waals surface area contributed by atoms with Crippen LogP contribution in [-0.2, 0) is 6.54 Å². The average Bonchev–Trinajstić information content (AvgIpc) is 2.78. The second-order valence-corrected chi connectivity index (χ2v) is 4.25. The average molecular weight is 235 g/mol. The first kappa shape index (κ1) is 11.2. The molecule has 0 unspecified atom stereocenters. The topological polar surface area (TPSA) is 64.9 Å². The Hall–Kier alpha value is -1.33. The van der Waals surface area contributed by atoms with E-state index in [1.807, 2.05) is 12.3 Å². The molecule has 4 nitrogen and oxygen atoms in total. The Labute approximate surface area is 98.2 Å². The van der Waals surface area contributed by atoms with Crippen molar-refractivity contribution in [1.29, 1.82) is 0 Å². The van der Waals surface area contributed by atoms with Crippen molar-refractivity contribution in [2.45, 2.75) is 18.4 Å². The third-order valence-corrected chi connectivity index (χ3v) is 3.19. The van der Waals surface area contributed by atoms with Crippen LogP contribution in [0.5, 0.6) is 0 Å². The van der Waals surface area contributed by atoms with Gasteiger partial charge in [-0.15, -0.1) is 11.8 Å². The number of hydrogen-bond donors (Lipinski definition) is 1. The van der Waals surface area contributed by atoms with Gasteiger partial charge in [0.15, 0.2) is 0 Å². The van der Waals surface area contributed by atoms with Gasteiger partial charge in [-0.05, 0) is 24.8 Å². The zero-order valence-electron chi connectivity index (χ0n) is 9.23. The van der Waals surface area contributed by atoms with Crippen molar-refractivity contribution in [3.8, 4) is 11.4 Å². The van der Waals surface area contributed by atoms with Crippen LogP contribution >= 0.6 is 11.8 Å². The number of aryl methyl sites for hydroxylation is 1. The van der Waals surface area contributed by atoms with E-state index in [9.17, 15) is 0 Å². The third kappa shape index (κ3) is 2.10. The molecule has 5 heteroatoms. The fourth-order valence-electron chi connectivity index (χ4n) is 1.41. The van der Waals surface area contributed by atoms with Crippen molar-refractivity contribution in [1.82, 2.24) is 10.1 Å². The summed E-state index contributed by atoms with van der Waals surface area (Å²) in [4.78, 5) is 5.41. The largest absolute Gasteiger partial charge is 0.338 e. The van der Waals surface area contributed by atoms with E-state index >= 15 is 0 Å². The summed E-state index contributed by atoms with van der Waals surface area (Å²) in [7, 11) is 0. The summed E-state index contributed by atoms with van der Waals surface area (Å²) >= 11 is 1.71. The van der Waals surface area contributed by atoms with Crippen LogP contribution in [0.25, 0.3) is 11.4 Å². The molecule has 0 spiro atoms. The summed E-state index contributed by atoms with van der Waals surface area (Å²) in [6, 6.07) is 6.10. The maximum Gasteiger partial charge on any atom is 0.240 e. The number of thioether (sulfide) groups is 1. The predicted octanol–water partition coefficient (Wildman–Crippen LogP) is 2.23. The van der Waals surface area contributed by atoms with Gasteiger partial charge < -0.3 is 10.3 Å². The Morgan fingerprint density at radius 1 is 1.44 bits per heavy atom. The Morgan fingerprint density at radius 2 is 2.25 bits per heavy atom. The summed E-state index contributed by atoms with van der Waals surface area (Å²) in [6.07, 6.45) is 2.05. The van der Waals surface area contributed by atoms with Gasteiger partial charge in [0.2, 0.25) is 11.7 Å². The Balaban J connectivity index is 2.40. The van der Waals surface area contributed by atoms with E-state index < -0.39 is 0 Å². The monoisotopic (exact) mass is 235 g/mol. The SMILES string of the molecule is CSc1cc(-c2noc(CN)n2)ccc1C. The molecule has 1 aromatic heterocycles. The summed E-state index contributed by atoms with van der Waals surface area (Å²) in [5.41, 5.74) is 7.63. The molecule has 0 aliphatic carbocycles. The van der Waals surface area contributed by atoms with E-state index in [4.69, 9.17) is 10.3 Å². The lowest BCUT2D eigenvalue weighted by molar-refractivity contribution is 0.380. The lowest BCUT2D eigenvalue weighted by Crippen LogP contribution is -1.95. The van der Waals surface area contributed by atoms with Gasteiger partial charge in [0, 0.05) is 10.5 Å². The maximum atomic E-state index is 5.42. The van der Waals surface area contributed by atoms with Crippen molar-refractivity contribution in [3.63, 3.8) is 0 Å². The number of hydrogen-bond acceptors (Lipinski definition) is 5. The molecule has 2 aromatic rings. The van der Waals surface area contributed by atoms with Gasteiger partial charge in [-0.3, -0.25) is 0 Å². The van der Waals surface area contributed by atoms with Gasteiger partial charge in [-0.25, -0.2) is 0 Å². The minimum atomic E-state index is 0.272. The van der Waals surface area contributed by atoms with Crippen molar-refractivity contribution >= 4 is 11.8 Å². The minimum absolute atomic E-state index is 0.272. The molecule has 2 rings (SSSR count).